The third-order valence-corrected chi connectivity index (χ3v) is 2.59. The van der Waals surface area contributed by atoms with Crippen LogP contribution in [-0.2, 0) is 4.74 Å². The molecule has 0 saturated heterocycles. The third kappa shape index (κ3) is 2.99. The van der Waals surface area contributed by atoms with Crippen molar-refractivity contribution in [1.29, 1.82) is 0 Å². The normalized spacial score (nSPS) is 11.9. The largest absolute Gasteiger partial charge is 0.450 e. The van der Waals surface area contributed by atoms with E-state index in [9.17, 15) is 4.79 Å². The number of rotatable bonds is 4. The van der Waals surface area contributed by atoms with E-state index in [0.29, 0.717) is 6.61 Å². The molecular weight excluding hydrogens is 202 g/mol. The van der Waals surface area contributed by atoms with Crippen LogP contribution in [0.5, 0.6) is 0 Å². The topological polar surface area (TPSA) is 29.5 Å². The Bertz CT molecular complexity index is 324. The second-order valence-corrected chi connectivity index (χ2v) is 3.64. The first kappa shape index (κ1) is 12.6. The third-order valence-electron chi connectivity index (χ3n) is 2.59. The van der Waals surface area contributed by atoms with Gasteiger partial charge in [0.05, 0.1) is 12.6 Å². The van der Waals surface area contributed by atoms with E-state index in [1.165, 1.54) is 0 Å². The number of benzene rings is 1. The minimum Gasteiger partial charge on any atom is -0.450 e. The lowest BCUT2D eigenvalue weighted by molar-refractivity contribution is 0.100. The zero-order valence-electron chi connectivity index (χ0n) is 10.1. The summed E-state index contributed by atoms with van der Waals surface area (Å²) in [5.41, 5.74) is 1.14. The van der Waals surface area contributed by atoms with E-state index in [0.717, 1.165) is 12.0 Å². The van der Waals surface area contributed by atoms with Crippen LogP contribution in [0.25, 0.3) is 0 Å². The molecule has 0 aliphatic rings. The second-order valence-electron chi connectivity index (χ2n) is 3.64. The number of ether oxygens (including phenoxy) is 1. The summed E-state index contributed by atoms with van der Waals surface area (Å²) < 4.78 is 4.99. The highest BCUT2D eigenvalue weighted by molar-refractivity contribution is 5.67. The van der Waals surface area contributed by atoms with Crippen LogP contribution in [0.1, 0.15) is 31.9 Å². The highest BCUT2D eigenvalue weighted by Gasteiger charge is 2.20. The van der Waals surface area contributed by atoms with E-state index in [-0.39, 0.29) is 12.1 Å². The van der Waals surface area contributed by atoms with Gasteiger partial charge in [0.25, 0.3) is 0 Å². The Labute approximate surface area is 97.0 Å². The molecule has 0 fully saturated rings. The Morgan fingerprint density at radius 1 is 1.31 bits per heavy atom. The fourth-order valence-corrected chi connectivity index (χ4v) is 1.76. The lowest BCUT2D eigenvalue weighted by Gasteiger charge is -2.26. The van der Waals surface area contributed by atoms with E-state index in [2.05, 4.69) is 6.92 Å². The summed E-state index contributed by atoms with van der Waals surface area (Å²) in [6.07, 6.45) is 0.609. The molecule has 0 saturated carbocycles. The predicted molar refractivity (Wildman–Crippen MR) is 64.3 cm³/mol. The average Bonchev–Trinajstić information content (AvgIpc) is 2.31. The fourth-order valence-electron chi connectivity index (χ4n) is 1.76. The van der Waals surface area contributed by atoms with E-state index < -0.39 is 0 Å². The monoisotopic (exact) mass is 221 g/mol. The van der Waals surface area contributed by atoms with Gasteiger partial charge in [-0.15, -0.1) is 0 Å². The molecule has 1 aromatic rings. The first-order chi connectivity index (χ1) is 7.70. The number of hydrogen-bond donors (Lipinski definition) is 0. The molecule has 0 bridgehead atoms. The van der Waals surface area contributed by atoms with Gasteiger partial charge in [0.15, 0.2) is 0 Å². The number of amides is 1. The van der Waals surface area contributed by atoms with Gasteiger partial charge >= 0.3 is 6.09 Å². The molecule has 1 unspecified atom stereocenters. The first-order valence-electron chi connectivity index (χ1n) is 5.65. The van der Waals surface area contributed by atoms with Crippen molar-refractivity contribution in [3.63, 3.8) is 0 Å². The predicted octanol–water partition coefficient (Wildman–Crippen LogP) is 3.23. The molecule has 3 heteroatoms. The molecule has 0 spiro atoms. The van der Waals surface area contributed by atoms with Crippen LogP contribution in [0.3, 0.4) is 0 Å². The van der Waals surface area contributed by atoms with Crippen molar-refractivity contribution in [3.05, 3.63) is 35.9 Å². The van der Waals surface area contributed by atoms with Gasteiger partial charge in [0.1, 0.15) is 0 Å². The van der Waals surface area contributed by atoms with Crippen molar-refractivity contribution in [1.82, 2.24) is 4.90 Å². The first-order valence-corrected chi connectivity index (χ1v) is 5.65. The van der Waals surface area contributed by atoms with E-state index in [4.69, 9.17) is 4.74 Å². The molecule has 1 atom stereocenters. The summed E-state index contributed by atoms with van der Waals surface area (Å²) in [5, 5.41) is 0. The number of nitrogens with zero attached hydrogens (tertiary/aromatic N) is 1. The van der Waals surface area contributed by atoms with Crippen LogP contribution in [0.4, 0.5) is 4.79 Å². The molecule has 3 nitrogen and oxygen atoms in total. The fraction of sp³-hybridized carbons (Fsp3) is 0.462. The lowest BCUT2D eigenvalue weighted by atomic mass is 10.0. The van der Waals surface area contributed by atoms with Crippen molar-refractivity contribution < 1.29 is 9.53 Å². The van der Waals surface area contributed by atoms with Gasteiger partial charge in [-0.1, -0.05) is 37.3 Å². The summed E-state index contributed by atoms with van der Waals surface area (Å²) in [7, 11) is 1.78. The summed E-state index contributed by atoms with van der Waals surface area (Å²) in [4.78, 5) is 13.3. The molecule has 0 aliphatic heterocycles. The van der Waals surface area contributed by atoms with Crippen molar-refractivity contribution >= 4 is 6.09 Å². The minimum absolute atomic E-state index is 0.0836. The molecule has 0 heterocycles. The van der Waals surface area contributed by atoms with Crippen LogP contribution in [0.15, 0.2) is 30.3 Å². The minimum atomic E-state index is -0.266. The Morgan fingerprint density at radius 3 is 2.44 bits per heavy atom. The summed E-state index contributed by atoms with van der Waals surface area (Å²) in [6, 6.07) is 10.1. The smallest absolute Gasteiger partial charge is 0.410 e. The molecular formula is C13H19NO2. The Kier molecular flexibility index (Phi) is 4.83. The highest BCUT2D eigenvalue weighted by Crippen LogP contribution is 2.22. The zero-order chi connectivity index (χ0) is 12.0. The molecule has 0 aromatic heterocycles. The van der Waals surface area contributed by atoms with Gasteiger partial charge in [-0.25, -0.2) is 4.79 Å². The molecule has 1 rings (SSSR count). The Morgan fingerprint density at radius 2 is 1.94 bits per heavy atom. The zero-order valence-corrected chi connectivity index (χ0v) is 10.1. The van der Waals surface area contributed by atoms with Crippen LogP contribution < -0.4 is 0 Å². The van der Waals surface area contributed by atoms with Crippen molar-refractivity contribution in [3.8, 4) is 0 Å². The lowest BCUT2D eigenvalue weighted by Crippen LogP contribution is -2.31. The van der Waals surface area contributed by atoms with Crippen LogP contribution in [0, 0.1) is 0 Å². The van der Waals surface area contributed by atoms with Gasteiger partial charge in [-0.3, -0.25) is 0 Å². The van der Waals surface area contributed by atoms with E-state index >= 15 is 0 Å². The maximum absolute atomic E-state index is 11.6. The SMILES string of the molecule is CCOC(=O)N(C)C(CC)c1ccccc1. The molecule has 16 heavy (non-hydrogen) atoms. The van der Waals surface area contributed by atoms with Gasteiger partial charge in [-0.2, -0.15) is 0 Å². The van der Waals surface area contributed by atoms with Gasteiger partial charge in [0, 0.05) is 7.05 Å². The quantitative estimate of drug-likeness (QED) is 0.781. The summed E-state index contributed by atoms with van der Waals surface area (Å²) >= 11 is 0. The molecule has 1 amide bonds. The van der Waals surface area contributed by atoms with Crippen molar-refractivity contribution in [2.75, 3.05) is 13.7 Å². The Hall–Kier alpha value is -1.51. The number of carbonyl (C=O) groups excluding carboxylic acids is 1. The van der Waals surface area contributed by atoms with Crippen LogP contribution in [0.2, 0.25) is 0 Å². The molecule has 0 aliphatic carbocycles. The van der Waals surface area contributed by atoms with Crippen molar-refractivity contribution in [2.24, 2.45) is 0 Å². The van der Waals surface area contributed by atoms with Crippen LogP contribution >= 0.6 is 0 Å². The van der Waals surface area contributed by atoms with Gasteiger partial charge in [0.2, 0.25) is 0 Å². The van der Waals surface area contributed by atoms with Crippen molar-refractivity contribution in [2.45, 2.75) is 26.3 Å². The molecule has 88 valence electrons. The molecule has 1 aromatic carbocycles. The second kappa shape index (κ2) is 6.16. The standard InChI is InChI=1S/C13H19NO2/c1-4-12(11-9-7-6-8-10-11)14(3)13(15)16-5-2/h6-10,12H,4-5H2,1-3H3. The average molecular weight is 221 g/mol. The maximum Gasteiger partial charge on any atom is 0.410 e. The highest BCUT2D eigenvalue weighted by atomic mass is 16.6. The number of hydrogen-bond acceptors (Lipinski definition) is 2. The van der Waals surface area contributed by atoms with E-state index in [1.807, 2.05) is 37.3 Å². The van der Waals surface area contributed by atoms with Gasteiger partial charge < -0.3 is 9.64 Å². The van der Waals surface area contributed by atoms with E-state index in [1.54, 1.807) is 11.9 Å². The van der Waals surface area contributed by atoms with Crippen LogP contribution in [-0.4, -0.2) is 24.6 Å². The molecule has 0 radical (unpaired) electrons. The number of carbonyl (C=O) groups is 1. The maximum atomic E-state index is 11.6. The Balaban J connectivity index is 2.78. The summed E-state index contributed by atoms with van der Waals surface area (Å²) in [5.74, 6) is 0. The molecule has 0 N–H and O–H groups in total. The van der Waals surface area contributed by atoms with Gasteiger partial charge in [-0.05, 0) is 18.9 Å². The summed E-state index contributed by atoms with van der Waals surface area (Å²) in [6.45, 7) is 4.29.